The zero-order valence-electron chi connectivity index (χ0n) is 12.6. The lowest BCUT2D eigenvalue weighted by molar-refractivity contribution is 0.290. The van der Waals surface area contributed by atoms with Crippen molar-refractivity contribution in [1.29, 1.82) is 0 Å². The third-order valence-electron chi connectivity index (χ3n) is 4.03. The van der Waals surface area contributed by atoms with E-state index in [2.05, 4.69) is 35.5 Å². The van der Waals surface area contributed by atoms with Crippen LogP contribution in [0.3, 0.4) is 0 Å². The highest BCUT2D eigenvalue weighted by molar-refractivity contribution is 5.39. The van der Waals surface area contributed by atoms with Gasteiger partial charge in [-0.15, -0.1) is 0 Å². The van der Waals surface area contributed by atoms with Gasteiger partial charge in [0.2, 0.25) is 0 Å². The molecule has 2 aromatic rings. The smallest absolute Gasteiger partial charge is 0.119 e. The molecular weight excluding hydrogens is 262 g/mol. The summed E-state index contributed by atoms with van der Waals surface area (Å²) in [6.45, 7) is 4.60. The molecule has 0 aliphatic heterocycles. The third-order valence-corrected chi connectivity index (χ3v) is 4.03. The number of benzene rings is 1. The number of aromatic nitrogens is 2. The maximum atomic E-state index is 5.88. The van der Waals surface area contributed by atoms with Gasteiger partial charge in [-0.1, -0.05) is 13.0 Å². The quantitative estimate of drug-likeness (QED) is 0.887. The molecule has 1 aromatic carbocycles. The number of nitrogens with zero attached hydrogens (tertiary/aromatic N) is 2. The molecule has 21 heavy (non-hydrogen) atoms. The Bertz CT molecular complexity index is 565. The van der Waals surface area contributed by atoms with Crippen molar-refractivity contribution in [1.82, 2.24) is 15.1 Å². The Labute approximate surface area is 126 Å². The van der Waals surface area contributed by atoms with E-state index in [1.165, 1.54) is 30.4 Å². The van der Waals surface area contributed by atoms with Crippen LogP contribution >= 0.6 is 0 Å². The van der Waals surface area contributed by atoms with E-state index in [9.17, 15) is 0 Å². The summed E-state index contributed by atoms with van der Waals surface area (Å²) in [7, 11) is 0. The SMILES string of the molecule is CCNC1CCCc2ccc(OCCn3cccn3)cc21. The van der Waals surface area contributed by atoms with E-state index in [1.807, 2.05) is 16.9 Å². The largest absolute Gasteiger partial charge is 0.492 e. The third kappa shape index (κ3) is 3.45. The van der Waals surface area contributed by atoms with Gasteiger partial charge in [0.25, 0.3) is 0 Å². The van der Waals surface area contributed by atoms with Crippen LogP contribution in [0.5, 0.6) is 5.75 Å². The van der Waals surface area contributed by atoms with Crippen molar-refractivity contribution >= 4 is 0 Å². The van der Waals surface area contributed by atoms with Gasteiger partial charge in [0.1, 0.15) is 12.4 Å². The van der Waals surface area contributed by atoms with Gasteiger partial charge < -0.3 is 10.1 Å². The minimum absolute atomic E-state index is 0.480. The molecule has 0 bridgehead atoms. The van der Waals surface area contributed by atoms with Crippen LogP contribution in [0.1, 0.15) is 36.9 Å². The standard InChI is InChI=1S/C17H23N3O/c1-2-18-17-6-3-5-14-7-8-15(13-16(14)17)21-12-11-20-10-4-9-19-20/h4,7-10,13,17-18H,2-3,5-6,11-12H2,1H3. The number of hydrogen-bond acceptors (Lipinski definition) is 3. The summed E-state index contributed by atoms with van der Waals surface area (Å²) < 4.78 is 7.77. The first-order valence-corrected chi connectivity index (χ1v) is 7.83. The molecule has 0 radical (unpaired) electrons. The van der Waals surface area contributed by atoms with Gasteiger partial charge in [-0.25, -0.2) is 0 Å². The molecule has 112 valence electrons. The average Bonchev–Trinajstić information content (AvgIpc) is 3.01. The fraction of sp³-hybridized carbons (Fsp3) is 0.471. The van der Waals surface area contributed by atoms with Gasteiger partial charge in [-0.2, -0.15) is 5.10 Å². The van der Waals surface area contributed by atoms with Crippen molar-refractivity contribution in [3.63, 3.8) is 0 Å². The molecule has 4 heteroatoms. The van der Waals surface area contributed by atoms with E-state index in [0.29, 0.717) is 12.6 Å². The Kier molecular flexibility index (Phi) is 4.55. The van der Waals surface area contributed by atoms with Crippen LogP contribution in [-0.2, 0) is 13.0 Å². The Balaban J connectivity index is 1.65. The highest BCUT2D eigenvalue weighted by Gasteiger charge is 2.19. The summed E-state index contributed by atoms with van der Waals surface area (Å²) in [4.78, 5) is 0. The molecule has 1 heterocycles. The van der Waals surface area contributed by atoms with Crippen LogP contribution in [0.25, 0.3) is 0 Å². The minimum atomic E-state index is 0.480. The lowest BCUT2D eigenvalue weighted by atomic mass is 9.87. The summed E-state index contributed by atoms with van der Waals surface area (Å²) >= 11 is 0. The Morgan fingerprint density at radius 2 is 2.38 bits per heavy atom. The number of rotatable bonds is 6. The van der Waals surface area contributed by atoms with Gasteiger partial charge in [-0.3, -0.25) is 4.68 Å². The van der Waals surface area contributed by atoms with Crippen molar-refractivity contribution < 1.29 is 4.74 Å². The van der Waals surface area contributed by atoms with Gasteiger partial charge in [0.05, 0.1) is 6.54 Å². The molecule has 1 atom stereocenters. The van der Waals surface area contributed by atoms with Gasteiger partial charge in [-0.05, 0) is 55.1 Å². The Morgan fingerprint density at radius 3 is 3.19 bits per heavy atom. The zero-order valence-corrected chi connectivity index (χ0v) is 12.6. The number of fused-ring (bicyclic) bond motifs is 1. The van der Waals surface area contributed by atoms with Crippen LogP contribution in [-0.4, -0.2) is 22.9 Å². The number of nitrogens with one attached hydrogen (secondary N) is 1. The monoisotopic (exact) mass is 285 g/mol. The van der Waals surface area contributed by atoms with Gasteiger partial charge in [0.15, 0.2) is 0 Å². The van der Waals surface area contributed by atoms with Crippen LogP contribution in [0.4, 0.5) is 0 Å². The van der Waals surface area contributed by atoms with Crippen LogP contribution in [0.2, 0.25) is 0 Å². The molecule has 0 saturated heterocycles. The summed E-state index contributed by atoms with van der Waals surface area (Å²) in [5, 5.41) is 7.76. The molecule has 0 amide bonds. The average molecular weight is 285 g/mol. The zero-order chi connectivity index (χ0) is 14.5. The van der Waals surface area contributed by atoms with E-state index in [1.54, 1.807) is 6.20 Å². The normalized spacial score (nSPS) is 17.5. The maximum absolute atomic E-state index is 5.88. The van der Waals surface area contributed by atoms with Gasteiger partial charge >= 0.3 is 0 Å². The maximum Gasteiger partial charge on any atom is 0.119 e. The molecule has 0 fully saturated rings. The molecule has 1 aromatic heterocycles. The van der Waals surface area contributed by atoms with E-state index in [-0.39, 0.29) is 0 Å². The van der Waals surface area contributed by atoms with Gasteiger partial charge in [0, 0.05) is 18.4 Å². The Hall–Kier alpha value is -1.81. The first kappa shape index (κ1) is 14.1. The first-order chi connectivity index (χ1) is 10.4. The summed E-state index contributed by atoms with van der Waals surface area (Å²) in [6.07, 6.45) is 7.42. The topological polar surface area (TPSA) is 39.1 Å². The molecule has 1 aliphatic carbocycles. The van der Waals surface area contributed by atoms with Crippen molar-refractivity contribution in [2.24, 2.45) is 0 Å². The van der Waals surface area contributed by atoms with Crippen LogP contribution in [0, 0.1) is 0 Å². The lowest BCUT2D eigenvalue weighted by Crippen LogP contribution is -2.24. The summed E-state index contributed by atoms with van der Waals surface area (Å²) in [5.74, 6) is 0.964. The predicted molar refractivity (Wildman–Crippen MR) is 83.5 cm³/mol. The Morgan fingerprint density at radius 1 is 1.43 bits per heavy atom. The number of aryl methyl sites for hydroxylation is 1. The molecule has 1 N–H and O–H groups in total. The van der Waals surface area contributed by atoms with E-state index in [4.69, 9.17) is 4.74 Å². The molecule has 1 aliphatic rings. The van der Waals surface area contributed by atoms with E-state index in [0.717, 1.165) is 18.8 Å². The van der Waals surface area contributed by atoms with Crippen LogP contribution < -0.4 is 10.1 Å². The number of ether oxygens (including phenoxy) is 1. The predicted octanol–water partition coefficient (Wildman–Crippen LogP) is 2.95. The number of hydrogen-bond donors (Lipinski definition) is 1. The molecular formula is C17H23N3O. The van der Waals surface area contributed by atoms with Crippen molar-refractivity contribution in [3.8, 4) is 5.75 Å². The van der Waals surface area contributed by atoms with E-state index < -0.39 is 0 Å². The second-order valence-electron chi connectivity index (χ2n) is 5.48. The van der Waals surface area contributed by atoms with E-state index >= 15 is 0 Å². The highest BCUT2D eigenvalue weighted by atomic mass is 16.5. The lowest BCUT2D eigenvalue weighted by Gasteiger charge is -2.26. The van der Waals surface area contributed by atoms with Crippen molar-refractivity contribution in [3.05, 3.63) is 47.8 Å². The minimum Gasteiger partial charge on any atom is -0.492 e. The fourth-order valence-corrected chi connectivity index (χ4v) is 3.02. The molecule has 1 unspecified atom stereocenters. The molecule has 3 rings (SSSR count). The molecule has 0 spiro atoms. The first-order valence-electron chi connectivity index (χ1n) is 7.83. The fourth-order valence-electron chi connectivity index (χ4n) is 3.02. The molecule has 0 saturated carbocycles. The van der Waals surface area contributed by atoms with Crippen molar-refractivity contribution in [2.45, 2.75) is 38.8 Å². The highest BCUT2D eigenvalue weighted by Crippen LogP contribution is 2.32. The second-order valence-corrected chi connectivity index (χ2v) is 5.48. The molecule has 4 nitrogen and oxygen atoms in total. The second kappa shape index (κ2) is 6.76. The summed E-state index contributed by atoms with van der Waals surface area (Å²) in [5.41, 5.74) is 2.88. The van der Waals surface area contributed by atoms with Crippen LogP contribution in [0.15, 0.2) is 36.7 Å². The summed E-state index contributed by atoms with van der Waals surface area (Å²) in [6, 6.07) is 8.94. The van der Waals surface area contributed by atoms with Crippen molar-refractivity contribution in [2.75, 3.05) is 13.2 Å².